The van der Waals surface area contributed by atoms with E-state index in [9.17, 15) is 9.59 Å². The van der Waals surface area contributed by atoms with Gasteiger partial charge in [-0.05, 0) is 24.8 Å². The Morgan fingerprint density at radius 1 is 1.36 bits per heavy atom. The SMILES string of the molecule is O=C1CC(=O)C2CC=C1CC2. The van der Waals surface area contributed by atoms with E-state index in [1.165, 1.54) is 0 Å². The van der Waals surface area contributed by atoms with Crippen LogP contribution in [0.3, 0.4) is 0 Å². The second-order valence-electron chi connectivity index (χ2n) is 3.27. The third-order valence-electron chi connectivity index (χ3n) is 2.56. The Hall–Kier alpha value is -0.920. The molecule has 1 atom stereocenters. The van der Waals surface area contributed by atoms with Gasteiger partial charge in [0.25, 0.3) is 0 Å². The summed E-state index contributed by atoms with van der Waals surface area (Å²) in [7, 11) is 0. The molecule has 0 aliphatic heterocycles. The number of carbonyl (C=O) groups is 2. The van der Waals surface area contributed by atoms with Crippen LogP contribution in [-0.4, -0.2) is 11.6 Å². The molecule has 0 spiro atoms. The van der Waals surface area contributed by atoms with Crippen molar-refractivity contribution in [1.82, 2.24) is 0 Å². The van der Waals surface area contributed by atoms with E-state index in [0.29, 0.717) is 0 Å². The summed E-state index contributed by atoms with van der Waals surface area (Å²) in [5.74, 6) is 0.374. The molecule has 3 aliphatic carbocycles. The van der Waals surface area contributed by atoms with E-state index in [0.717, 1.165) is 24.8 Å². The molecule has 11 heavy (non-hydrogen) atoms. The first-order valence-electron chi connectivity index (χ1n) is 4.02. The fraction of sp³-hybridized carbons (Fsp3) is 0.556. The summed E-state index contributed by atoms with van der Waals surface area (Å²) in [6, 6.07) is 0. The van der Waals surface area contributed by atoms with Gasteiger partial charge in [-0.25, -0.2) is 0 Å². The predicted molar refractivity (Wildman–Crippen MR) is 40.1 cm³/mol. The first-order valence-corrected chi connectivity index (χ1v) is 4.02. The van der Waals surface area contributed by atoms with Gasteiger partial charge in [-0.2, -0.15) is 0 Å². The number of fused-ring (bicyclic) bond motifs is 4. The zero-order valence-corrected chi connectivity index (χ0v) is 6.30. The zero-order chi connectivity index (χ0) is 7.84. The fourth-order valence-electron chi connectivity index (χ4n) is 1.80. The van der Waals surface area contributed by atoms with Gasteiger partial charge >= 0.3 is 0 Å². The minimum Gasteiger partial charge on any atom is -0.299 e. The van der Waals surface area contributed by atoms with Gasteiger partial charge in [-0.3, -0.25) is 9.59 Å². The number of hydrogen-bond donors (Lipinski definition) is 0. The monoisotopic (exact) mass is 150 g/mol. The van der Waals surface area contributed by atoms with Gasteiger partial charge < -0.3 is 0 Å². The van der Waals surface area contributed by atoms with Crippen LogP contribution in [0.1, 0.15) is 25.7 Å². The van der Waals surface area contributed by atoms with Gasteiger partial charge in [0.15, 0.2) is 5.78 Å². The Bertz CT molecular complexity index is 250. The molecule has 1 fully saturated rings. The smallest absolute Gasteiger partial charge is 0.165 e. The molecule has 0 aromatic heterocycles. The first-order chi connectivity index (χ1) is 5.27. The van der Waals surface area contributed by atoms with Crippen molar-refractivity contribution in [3.05, 3.63) is 11.6 Å². The van der Waals surface area contributed by atoms with Crippen LogP contribution in [-0.2, 0) is 9.59 Å². The Balaban J connectivity index is 2.36. The average molecular weight is 150 g/mol. The van der Waals surface area contributed by atoms with Crippen LogP contribution >= 0.6 is 0 Å². The molecule has 2 heteroatoms. The van der Waals surface area contributed by atoms with Crippen LogP contribution < -0.4 is 0 Å². The van der Waals surface area contributed by atoms with E-state index in [1.807, 2.05) is 6.08 Å². The molecule has 3 rings (SSSR count). The minimum atomic E-state index is 0.0648. The van der Waals surface area contributed by atoms with Crippen molar-refractivity contribution in [2.45, 2.75) is 25.7 Å². The number of Topliss-reactive ketones (excluding diaryl/α,β-unsaturated/α-hetero) is 2. The predicted octanol–water partition coefficient (Wildman–Crippen LogP) is 1.25. The van der Waals surface area contributed by atoms with Crippen LogP contribution in [0.5, 0.6) is 0 Å². The van der Waals surface area contributed by atoms with E-state index in [2.05, 4.69) is 0 Å². The van der Waals surface area contributed by atoms with E-state index in [1.54, 1.807) is 0 Å². The van der Waals surface area contributed by atoms with Crippen molar-refractivity contribution < 1.29 is 9.59 Å². The highest BCUT2D eigenvalue weighted by atomic mass is 16.1. The third kappa shape index (κ3) is 1.02. The lowest BCUT2D eigenvalue weighted by molar-refractivity contribution is -0.126. The molecule has 0 radical (unpaired) electrons. The van der Waals surface area contributed by atoms with Gasteiger partial charge in [0.2, 0.25) is 0 Å². The van der Waals surface area contributed by atoms with Crippen molar-refractivity contribution in [3.63, 3.8) is 0 Å². The maximum atomic E-state index is 11.2. The fourth-order valence-corrected chi connectivity index (χ4v) is 1.80. The summed E-state index contributed by atoms with van der Waals surface area (Å²) in [6.45, 7) is 0. The van der Waals surface area contributed by atoms with Crippen LogP contribution in [0, 0.1) is 5.92 Å². The maximum Gasteiger partial charge on any atom is 0.165 e. The van der Waals surface area contributed by atoms with Crippen LogP contribution in [0.15, 0.2) is 11.6 Å². The Morgan fingerprint density at radius 3 is 2.82 bits per heavy atom. The van der Waals surface area contributed by atoms with Crippen LogP contribution in [0.25, 0.3) is 0 Å². The van der Waals surface area contributed by atoms with Gasteiger partial charge in [0, 0.05) is 5.92 Å². The lowest BCUT2D eigenvalue weighted by Gasteiger charge is -2.12. The molecule has 0 heterocycles. The number of hydrogen-bond acceptors (Lipinski definition) is 2. The van der Waals surface area contributed by atoms with Gasteiger partial charge in [0.1, 0.15) is 5.78 Å². The summed E-state index contributed by atoms with van der Waals surface area (Å²) in [5.41, 5.74) is 0.895. The Morgan fingerprint density at radius 2 is 2.18 bits per heavy atom. The number of rotatable bonds is 0. The van der Waals surface area contributed by atoms with Gasteiger partial charge in [-0.15, -0.1) is 0 Å². The minimum absolute atomic E-state index is 0.0648. The van der Waals surface area contributed by atoms with Gasteiger partial charge in [-0.1, -0.05) is 6.08 Å². The molecule has 1 saturated carbocycles. The molecule has 58 valence electrons. The molecule has 2 nitrogen and oxygen atoms in total. The topological polar surface area (TPSA) is 34.1 Å². The van der Waals surface area contributed by atoms with E-state index >= 15 is 0 Å². The summed E-state index contributed by atoms with van der Waals surface area (Å²) < 4.78 is 0. The second kappa shape index (κ2) is 2.29. The highest BCUT2D eigenvalue weighted by molar-refractivity contribution is 6.10. The van der Waals surface area contributed by atoms with Crippen LogP contribution in [0.4, 0.5) is 0 Å². The number of ketones is 2. The Kier molecular flexibility index (Phi) is 1.41. The lowest BCUT2D eigenvalue weighted by atomic mass is 9.91. The van der Waals surface area contributed by atoms with Gasteiger partial charge in [0.05, 0.1) is 6.42 Å². The highest BCUT2D eigenvalue weighted by Gasteiger charge is 2.30. The largest absolute Gasteiger partial charge is 0.299 e. The third-order valence-corrected chi connectivity index (χ3v) is 2.56. The zero-order valence-electron chi connectivity index (χ0n) is 6.30. The standard InChI is InChI=1S/C9H10O2/c10-8-5-9(11)7-2-1-6(8)3-4-7/h1,7H,2-5H2. The maximum absolute atomic E-state index is 11.2. The molecule has 0 N–H and O–H groups in total. The first kappa shape index (κ1) is 6.77. The summed E-state index contributed by atoms with van der Waals surface area (Å²) in [5, 5.41) is 0. The summed E-state index contributed by atoms with van der Waals surface area (Å²) in [4.78, 5) is 22.4. The Labute approximate surface area is 65.3 Å². The van der Waals surface area contributed by atoms with E-state index < -0.39 is 0 Å². The molecule has 2 bridgehead atoms. The average Bonchev–Trinajstić information content (AvgIpc) is 2.22. The molecule has 0 aromatic carbocycles. The molecule has 1 unspecified atom stereocenters. The summed E-state index contributed by atoms with van der Waals surface area (Å²) >= 11 is 0. The van der Waals surface area contributed by atoms with Crippen molar-refractivity contribution in [3.8, 4) is 0 Å². The van der Waals surface area contributed by atoms with E-state index in [-0.39, 0.29) is 23.9 Å². The van der Waals surface area contributed by atoms with Crippen molar-refractivity contribution in [2.75, 3.05) is 0 Å². The second-order valence-corrected chi connectivity index (χ2v) is 3.27. The lowest BCUT2D eigenvalue weighted by Crippen LogP contribution is -2.12. The molecule has 0 amide bonds. The molecule has 0 aromatic rings. The molecule has 3 aliphatic rings. The van der Waals surface area contributed by atoms with Crippen molar-refractivity contribution in [2.24, 2.45) is 5.92 Å². The normalized spacial score (nSPS) is 30.2. The van der Waals surface area contributed by atoms with Crippen molar-refractivity contribution >= 4 is 11.6 Å². The van der Waals surface area contributed by atoms with Crippen molar-refractivity contribution in [1.29, 1.82) is 0 Å². The summed E-state index contributed by atoms with van der Waals surface area (Å²) in [6.07, 6.45) is 4.64. The number of carbonyl (C=O) groups excluding carboxylic acids is 2. The quantitative estimate of drug-likeness (QED) is 0.487. The highest BCUT2D eigenvalue weighted by Crippen LogP contribution is 2.30. The van der Waals surface area contributed by atoms with Crippen LogP contribution in [0.2, 0.25) is 0 Å². The molecular weight excluding hydrogens is 140 g/mol. The molecular formula is C9H10O2. The van der Waals surface area contributed by atoms with E-state index in [4.69, 9.17) is 0 Å². The number of allylic oxidation sites excluding steroid dienone is 2. The molecule has 0 saturated heterocycles.